The number of carboxylic acids is 1. The fraction of sp³-hybridized carbons (Fsp3) is 0.615. The number of carboxylic acid groups (broad SMARTS) is 1. The van der Waals surface area contributed by atoms with Gasteiger partial charge in [0, 0.05) is 7.05 Å². The maximum Gasteiger partial charge on any atom is 0.326 e. The van der Waals surface area contributed by atoms with E-state index < -0.39 is 22.8 Å². The van der Waals surface area contributed by atoms with Gasteiger partial charge in [-0.3, -0.25) is 19.6 Å². The van der Waals surface area contributed by atoms with Crippen molar-refractivity contribution in [2.75, 3.05) is 0 Å². The highest BCUT2D eigenvalue weighted by atomic mass is 16.6. The molecule has 2 N–H and O–H groups in total. The van der Waals surface area contributed by atoms with Crippen molar-refractivity contribution in [3.63, 3.8) is 0 Å². The predicted molar refractivity (Wildman–Crippen MR) is 77.6 cm³/mol. The third-order valence-corrected chi connectivity index (χ3v) is 3.20. The molecule has 1 rings (SSSR count). The Labute approximate surface area is 127 Å². The number of aliphatic carboxylic acids is 1. The number of amides is 1. The topological polar surface area (TPSA) is 127 Å². The van der Waals surface area contributed by atoms with Crippen LogP contribution in [0.1, 0.15) is 43.4 Å². The molecule has 0 aromatic carbocycles. The van der Waals surface area contributed by atoms with Crippen LogP contribution in [0.15, 0.2) is 0 Å². The lowest BCUT2D eigenvalue weighted by atomic mass is 10.0. The van der Waals surface area contributed by atoms with E-state index in [0.29, 0.717) is 12.8 Å². The number of carbonyl (C=O) groups is 2. The van der Waals surface area contributed by atoms with E-state index >= 15 is 0 Å². The van der Waals surface area contributed by atoms with Gasteiger partial charge in [0.1, 0.15) is 11.7 Å². The number of nitro groups is 1. The van der Waals surface area contributed by atoms with Crippen LogP contribution in [0.3, 0.4) is 0 Å². The first kappa shape index (κ1) is 17.6. The SMILES string of the molecule is CCCc1nn(C)c(C(=O)N[C@H](C(=O)O)C(C)C)c1[N+](=O)[O-]. The molecule has 0 fully saturated rings. The number of aryl methyl sites for hydroxylation is 2. The van der Waals surface area contributed by atoms with Gasteiger partial charge in [-0.05, 0) is 12.3 Å². The molecule has 22 heavy (non-hydrogen) atoms. The Morgan fingerprint density at radius 2 is 2.05 bits per heavy atom. The number of hydrogen-bond donors (Lipinski definition) is 2. The van der Waals surface area contributed by atoms with Crippen molar-refractivity contribution in [2.45, 2.75) is 39.7 Å². The number of hydrogen-bond acceptors (Lipinski definition) is 5. The summed E-state index contributed by atoms with van der Waals surface area (Å²) in [5.74, 6) is -2.36. The minimum atomic E-state index is -1.19. The molecule has 0 bridgehead atoms. The monoisotopic (exact) mass is 312 g/mol. The Hall–Kier alpha value is -2.45. The number of aromatic nitrogens is 2. The molecule has 1 aromatic rings. The van der Waals surface area contributed by atoms with Crippen LogP contribution in [0.4, 0.5) is 5.69 Å². The lowest BCUT2D eigenvalue weighted by molar-refractivity contribution is -0.385. The van der Waals surface area contributed by atoms with E-state index in [-0.39, 0.29) is 23.0 Å². The third kappa shape index (κ3) is 3.60. The van der Waals surface area contributed by atoms with Crippen LogP contribution in [0.2, 0.25) is 0 Å². The fourth-order valence-corrected chi connectivity index (χ4v) is 2.14. The van der Waals surface area contributed by atoms with Gasteiger partial charge < -0.3 is 10.4 Å². The van der Waals surface area contributed by atoms with Crippen molar-refractivity contribution in [3.8, 4) is 0 Å². The van der Waals surface area contributed by atoms with Crippen molar-refractivity contribution < 1.29 is 19.6 Å². The van der Waals surface area contributed by atoms with E-state index in [0.717, 1.165) is 4.68 Å². The summed E-state index contributed by atoms with van der Waals surface area (Å²) in [5.41, 5.74) is -0.383. The molecule has 0 spiro atoms. The second kappa shape index (κ2) is 7.01. The number of rotatable bonds is 7. The molecule has 1 aromatic heterocycles. The number of nitrogens with one attached hydrogen (secondary N) is 1. The first-order valence-corrected chi connectivity index (χ1v) is 6.94. The summed E-state index contributed by atoms with van der Waals surface area (Å²) in [6, 6.07) is -1.13. The van der Waals surface area contributed by atoms with E-state index in [2.05, 4.69) is 10.4 Å². The third-order valence-electron chi connectivity index (χ3n) is 3.20. The van der Waals surface area contributed by atoms with Crippen LogP contribution < -0.4 is 5.32 Å². The molecule has 9 nitrogen and oxygen atoms in total. The normalized spacial score (nSPS) is 12.2. The molecule has 122 valence electrons. The van der Waals surface area contributed by atoms with Crippen molar-refractivity contribution >= 4 is 17.6 Å². The molecular weight excluding hydrogens is 292 g/mol. The Balaban J connectivity index is 3.22. The van der Waals surface area contributed by atoms with E-state index in [1.807, 2.05) is 6.92 Å². The molecule has 0 saturated heterocycles. The average Bonchev–Trinajstić information content (AvgIpc) is 2.72. The summed E-state index contributed by atoms with van der Waals surface area (Å²) in [6.45, 7) is 5.12. The van der Waals surface area contributed by atoms with Gasteiger partial charge in [0.2, 0.25) is 5.69 Å². The largest absolute Gasteiger partial charge is 0.480 e. The summed E-state index contributed by atoms with van der Waals surface area (Å²) in [4.78, 5) is 34.0. The van der Waals surface area contributed by atoms with Crippen LogP contribution in [0, 0.1) is 16.0 Å². The Kier molecular flexibility index (Phi) is 5.61. The van der Waals surface area contributed by atoms with Gasteiger partial charge in [0.25, 0.3) is 5.91 Å². The highest BCUT2D eigenvalue weighted by Gasteiger charge is 2.33. The molecule has 0 radical (unpaired) electrons. The molecule has 1 amide bonds. The van der Waals surface area contributed by atoms with Gasteiger partial charge in [0.05, 0.1) is 4.92 Å². The highest BCUT2D eigenvalue weighted by molar-refractivity contribution is 5.98. The Morgan fingerprint density at radius 3 is 2.45 bits per heavy atom. The number of nitrogens with zero attached hydrogens (tertiary/aromatic N) is 3. The first-order valence-electron chi connectivity index (χ1n) is 6.94. The predicted octanol–water partition coefficient (Wildman–Crippen LogP) is 1.12. The van der Waals surface area contributed by atoms with Crippen LogP contribution >= 0.6 is 0 Å². The molecule has 0 aliphatic rings. The average molecular weight is 312 g/mol. The van der Waals surface area contributed by atoms with Gasteiger partial charge in [-0.25, -0.2) is 4.79 Å². The molecule has 0 saturated carbocycles. The van der Waals surface area contributed by atoms with Crippen molar-refractivity contribution in [3.05, 3.63) is 21.5 Å². The van der Waals surface area contributed by atoms with Gasteiger partial charge >= 0.3 is 11.7 Å². The molecule has 1 atom stereocenters. The Bertz CT molecular complexity index is 593. The van der Waals surface area contributed by atoms with Crippen LogP contribution in [-0.2, 0) is 18.3 Å². The van der Waals surface area contributed by atoms with Gasteiger partial charge in [-0.1, -0.05) is 27.2 Å². The fourth-order valence-electron chi connectivity index (χ4n) is 2.14. The van der Waals surface area contributed by atoms with Crippen LogP contribution in [0.5, 0.6) is 0 Å². The smallest absolute Gasteiger partial charge is 0.326 e. The minimum Gasteiger partial charge on any atom is -0.480 e. The first-order chi connectivity index (χ1) is 10.2. The maximum atomic E-state index is 12.3. The summed E-state index contributed by atoms with van der Waals surface area (Å²) in [7, 11) is 1.42. The molecule has 0 aliphatic heterocycles. The standard InChI is InChI=1S/C13H20N4O5/c1-5-6-8-10(17(21)22)11(16(4)15-8)12(18)14-9(7(2)3)13(19)20/h7,9H,5-6H2,1-4H3,(H,14,18)(H,19,20)/t9-/m0/s1. The number of carbonyl (C=O) groups excluding carboxylic acids is 1. The lowest BCUT2D eigenvalue weighted by Crippen LogP contribution is -2.45. The van der Waals surface area contributed by atoms with E-state index in [9.17, 15) is 19.7 Å². The van der Waals surface area contributed by atoms with Crippen molar-refractivity contribution in [2.24, 2.45) is 13.0 Å². The molecule has 0 aliphatic carbocycles. The lowest BCUT2D eigenvalue weighted by Gasteiger charge is -2.17. The summed E-state index contributed by atoms with van der Waals surface area (Å²) in [5, 5.41) is 26.7. The second-order valence-corrected chi connectivity index (χ2v) is 5.31. The highest BCUT2D eigenvalue weighted by Crippen LogP contribution is 2.24. The van der Waals surface area contributed by atoms with Crippen LogP contribution in [-0.4, -0.2) is 37.7 Å². The van der Waals surface area contributed by atoms with E-state index in [4.69, 9.17) is 5.11 Å². The molecular formula is C13H20N4O5. The molecule has 1 heterocycles. The Morgan fingerprint density at radius 1 is 1.45 bits per heavy atom. The summed E-state index contributed by atoms with van der Waals surface area (Å²) >= 11 is 0. The van der Waals surface area contributed by atoms with Crippen molar-refractivity contribution in [1.82, 2.24) is 15.1 Å². The van der Waals surface area contributed by atoms with Crippen molar-refractivity contribution in [1.29, 1.82) is 0 Å². The zero-order valence-electron chi connectivity index (χ0n) is 13.0. The van der Waals surface area contributed by atoms with E-state index in [1.165, 1.54) is 7.05 Å². The quantitative estimate of drug-likeness (QED) is 0.573. The summed E-state index contributed by atoms with van der Waals surface area (Å²) in [6.07, 6.45) is 1.01. The van der Waals surface area contributed by atoms with Crippen LogP contribution in [0.25, 0.3) is 0 Å². The maximum absolute atomic E-state index is 12.3. The molecule has 0 unspecified atom stereocenters. The molecule has 9 heteroatoms. The van der Waals surface area contributed by atoms with Gasteiger partial charge in [-0.15, -0.1) is 0 Å². The summed E-state index contributed by atoms with van der Waals surface area (Å²) < 4.78 is 1.12. The van der Waals surface area contributed by atoms with Gasteiger partial charge in [-0.2, -0.15) is 5.10 Å². The minimum absolute atomic E-state index is 0.219. The van der Waals surface area contributed by atoms with E-state index in [1.54, 1.807) is 13.8 Å². The zero-order chi connectivity index (χ0) is 17.0. The zero-order valence-corrected chi connectivity index (χ0v) is 13.0. The second-order valence-electron chi connectivity index (χ2n) is 5.31. The van der Waals surface area contributed by atoms with Gasteiger partial charge in [0.15, 0.2) is 0 Å².